The Kier molecular flexibility index (Phi) is 7.35. The number of rotatable bonds is 5. The molecule has 34 heavy (non-hydrogen) atoms. The Labute approximate surface area is 205 Å². The second kappa shape index (κ2) is 8.65. The quantitative estimate of drug-likeness (QED) is 0.365. The molecule has 0 aliphatic heterocycles. The van der Waals surface area contributed by atoms with Gasteiger partial charge < -0.3 is 0 Å². The van der Waals surface area contributed by atoms with Crippen LogP contribution in [0.3, 0.4) is 0 Å². The lowest BCUT2D eigenvalue weighted by atomic mass is 9.89. The maximum Gasteiger partial charge on any atom is 0.296 e. The summed E-state index contributed by atoms with van der Waals surface area (Å²) < 4.78 is 135. The molecule has 4 N–H and O–H groups in total. The van der Waals surface area contributed by atoms with Gasteiger partial charge in [0.2, 0.25) is 0 Å². The minimum absolute atomic E-state index is 0.478. The molecule has 0 saturated carbocycles. The van der Waals surface area contributed by atoms with Gasteiger partial charge in [0, 0.05) is 0 Å². The van der Waals surface area contributed by atoms with Crippen molar-refractivity contribution in [3.05, 3.63) is 32.3 Å². The van der Waals surface area contributed by atoms with E-state index >= 15 is 0 Å². The molecule has 0 heterocycles. The molecule has 0 aromatic heterocycles. The predicted molar refractivity (Wildman–Crippen MR) is 120 cm³/mol. The number of hydrogen-bond donors (Lipinski definition) is 4. The summed E-state index contributed by atoms with van der Waals surface area (Å²) in [5.74, 6) is 0. The number of benzene rings is 2. The summed E-state index contributed by atoms with van der Waals surface area (Å²) in [6.07, 6.45) is 0. The molecule has 190 valence electrons. The first-order valence-electron chi connectivity index (χ1n) is 8.51. The van der Waals surface area contributed by atoms with Crippen LogP contribution in [0.5, 0.6) is 0 Å². The van der Waals surface area contributed by atoms with Crippen molar-refractivity contribution in [2.45, 2.75) is 47.3 Å². The molecule has 0 bridgehead atoms. The van der Waals surface area contributed by atoms with E-state index in [0.29, 0.717) is 0 Å². The monoisotopic (exact) mass is 598 g/mol. The largest absolute Gasteiger partial charge is 0.296 e. The number of hydrogen-bond acceptors (Lipinski definition) is 8. The van der Waals surface area contributed by atoms with E-state index in [4.69, 9.17) is 23.2 Å². The number of halogens is 2. The van der Waals surface area contributed by atoms with Crippen molar-refractivity contribution in [2.75, 3.05) is 0 Å². The van der Waals surface area contributed by atoms with Crippen LogP contribution < -0.4 is 0 Å². The van der Waals surface area contributed by atoms with Crippen LogP contribution in [0.25, 0.3) is 11.1 Å². The first-order valence-corrected chi connectivity index (χ1v) is 15.0. The molecule has 0 unspecified atom stereocenters. The molecule has 2 rings (SSSR count). The minimum Gasteiger partial charge on any atom is -0.282 e. The van der Waals surface area contributed by atoms with Crippen molar-refractivity contribution >= 4 is 63.7 Å². The third-order valence-electron chi connectivity index (χ3n) is 4.94. The molecular weight excluding hydrogens is 583 g/mol. The third-order valence-corrected chi connectivity index (χ3v) is 10.3. The van der Waals surface area contributed by atoms with Crippen LogP contribution in [0.4, 0.5) is 0 Å². The summed E-state index contributed by atoms with van der Waals surface area (Å²) in [6.45, 7) is 4.11. The first kappa shape index (κ1) is 28.9. The Balaban J connectivity index is 3.52. The van der Waals surface area contributed by atoms with Crippen molar-refractivity contribution in [3.8, 4) is 11.1 Å². The fraction of sp³-hybridized carbons (Fsp3) is 0.250. The average molecular weight is 599 g/mol. The highest BCUT2D eigenvalue weighted by Crippen LogP contribution is 2.47. The maximum atomic E-state index is 12.0. The highest BCUT2D eigenvalue weighted by Gasteiger charge is 2.36. The molecule has 0 aliphatic rings. The van der Waals surface area contributed by atoms with Crippen molar-refractivity contribution in [2.24, 2.45) is 0 Å². The summed E-state index contributed by atoms with van der Waals surface area (Å²) in [4.78, 5) is -4.73. The van der Waals surface area contributed by atoms with Gasteiger partial charge >= 0.3 is 0 Å². The molecule has 0 fully saturated rings. The Morgan fingerprint density at radius 2 is 0.588 bits per heavy atom. The summed E-state index contributed by atoms with van der Waals surface area (Å²) in [5.41, 5.74) is -2.90. The van der Waals surface area contributed by atoms with Crippen LogP contribution in [-0.4, -0.2) is 51.9 Å². The van der Waals surface area contributed by atoms with Gasteiger partial charge in [-0.25, -0.2) is 0 Å². The molecule has 0 spiro atoms. The molecule has 0 atom stereocenters. The minimum atomic E-state index is -5.27. The predicted octanol–water partition coefficient (Wildman–Crippen LogP) is 2.88. The van der Waals surface area contributed by atoms with E-state index in [9.17, 15) is 51.9 Å². The van der Waals surface area contributed by atoms with Crippen LogP contribution >= 0.6 is 23.2 Å². The average Bonchev–Trinajstić information content (AvgIpc) is 2.51. The van der Waals surface area contributed by atoms with Crippen molar-refractivity contribution in [3.63, 3.8) is 0 Å². The fourth-order valence-corrected chi connectivity index (χ4v) is 8.99. The lowest BCUT2D eigenvalue weighted by Gasteiger charge is -2.24. The third kappa shape index (κ3) is 4.84. The topological polar surface area (TPSA) is 217 Å². The standard InChI is InChI=1S/C16H16Cl2O12S4/c1-5-9(6(2)14(32(22,23)24)11(17)13(5)31(19,20)21)10-7(3)15(33(25,26)27)12(18)16(8(10)4)34(28,29)30/h1-4H3,(H,19,20,21)(H,22,23,24)(H,25,26,27)(H,28,29,30). The maximum absolute atomic E-state index is 12.0. The van der Waals surface area contributed by atoms with E-state index in [-0.39, 0.29) is 0 Å². The van der Waals surface area contributed by atoms with E-state index in [2.05, 4.69) is 0 Å². The van der Waals surface area contributed by atoms with Gasteiger partial charge in [-0.2, -0.15) is 33.7 Å². The van der Waals surface area contributed by atoms with Gasteiger partial charge in [0.1, 0.15) is 19.6 Å². The Hall–Kier alpha value is -1.34. The first-order chi connectivity index (χ1) is 15.0. The van der Waals surface area contributed by atoms with Gasteiger partial charge in [-0.15, -0.1) is 0 Å². The fourth-order valence-electron chi connectivity index (χ4n) is 3.86. The Morgan fingerprint density at radius 3 is 0.706 bits per heavy atom. The molecule has 0 aliphatic carbocycles. The lowest BCUT2D eigenvalue weighted by Crippen LogP contribution is -2.15. The zero-order valence-electron chi connectivity index (χ0n) is 17.4. The van der Waals surface area contributed by atoms with Gasteiger partial charge in [-0.05, 0) is 61.1 Å². The van der Waals surface area contributed by atoms with Crippen LogP contribution in [0.1, 0.15) is 22.3 Å². The van der Waals surface area contributed by atoms with Crippen molar-refractivity contribution in [1.82, 2.24) is 0 Å². The lowest BCUT2D eigenvalue weighted by molar-refractivity contribution is 0.475. The summed E-state index contributed by atoms with van der Waals surface area (Å²) >= 11 is 11.8. The van der Waals surface area contributed by atoms with E-state index in [1.54, 1.807) is 0 Å². The van der Waals surface area contributed by atoms with E-state index in [1.165, 1.54) is 0 Å². The van der Waals surface area contributed by atoms with Crippen LogP contribution in [0.2, 0.25) is 10.0 Å². The molecule has 0 amide bonds. The second-order valence-corrected chi connectivity index (χ2v) is 13.3. The van der Waals surface area contributed by atoms with E-state index in [0.717, 1.165) is 27.7 Å². The summed E-state index contributed by atoms with van der Waals surface area (Å²) in [6, 6.07) is 0. The molecule has 12 nitrogen and oxygen atoms in total. The smallest absolute Gasteiger partial charge is 0.282 e. The van der Waals surface area contributed by atoms with Gasteiger partial charge in [0.05, 0.1) is 10.0 Å². The molecule has 0 saturated heterocycles. The Bertz CT molecular complexity index is 1440. The van der Waals surface area contributed by atoms with Crippen molar-refractivity contribution < 1.29 is 51.9 Å². The van der Waals surface area contributed by atoms with E-state index < -0.39 is 103 Å². The molecular formula is C16H16Cl2O12S4. The van der Waals surface area contributed by atoms with Gasteiger partial charge in [0.15, 0.2) is 0 Å². The second-order valence-electron chi connectivity index (χ2n) is 7.09. The summed E-state index contributed by atoms with van der Waals surface area (Å²) in [5, 5.41) is -2.17. The Morgan fingerprint density at radius 1 is 0.441 bits per heavy atom. The van der Waals surface area contributed by atoms with Crippen LogP contribution in [0, 0.1) is 27.7 Å². The highest BCUT2D eigenvalue weighted by molar-refractivity contribution is 7.87. The van der Waals surface area contributed by atoms with Gasteiger partial charge in [-0.3, -0.25) is 18.2 Å². The zero-order chi connectivity index (χ0) is 26.9. The normalized spacial score (nSPS) is 13.4. The molecule has 18 heteroatoms. The van der Waals surface area contributed by atoms with Gasteiger partial charge in [0.25, 0.3) is 40.5 Å². The van der Waals surface area contributed by atoms with Crippen molar-refractivity contribution in [1.29, 1.82) is 0 Å². The summed E-state index contributed by atoms with van der Waals surface area (Å²) in [7, 11) is -21.1. The highest BCUT2D eigenvalue weighted by atomic mass is 35.5. The van der Waals surface area contributed by atoms with Crippen LogP contribution in [-0.2, 0) is 40.5 Å². The van der Waals surface area contributed by atoms with Crippen LogP contribution in [0.15, 0.2) is 19.6 Å². The molecule has 2 aromatic carbocycles. The SMILES string of the molecule is Cc1c(-c2c(C)c(S(=O)(=O)O)c(Cl)c(S(=O)(=O)O)c2C)c(C)c(S(=O)(=O)O)c(Cl)c1S(=O)(=O)O. The molecule has 0 radical (unpaired) electrons. The van der Waals surface area contributed by atoms with Gasteiger partial charge in [-0.1, -0.05) is 23.2 Å². The zero-order valence-corrected chi connectivity index (χ0v) is 22.2. The molecule has 2 aromatic rings. The van der Waals surface area contributed by atoms with E-state index in [1.807, 2.05) is 0 Å².